The number of hydrogen-bond acceptors (Lipinski definition) is 14. The van der Waals surface area contributed by atoms with Gasteiger partial charge in [0.05, 0.1) is 6.42 Å². The first kappa shape index (κ1) is 86.0. The van der Waals surface area contributed by atoms with E-state index < -0.39 is 66.4 Å². The Balaban J connectivity index is 1.63. The fourth-order valence-corrected chi connectivity index (χ4v) is 12.9. The number of carbonyl (C=O) groups is 10. The molecule has 16 N–H and O–H groups in total. The van der Waals surface area contributed by atoms with Crippen LogP contribution >= 0.6 is 0 Å². The van der Waals surface area contributed by atoms with E-state index in [-0.39, 0.29) is 153 Å². The second kappa shape index (κ2) is 46.3. The van der Waals surface area contributed by atoms with Crippen LogP contribution in [0.3, 0.4) is 0 Å². The van der Waals surface area contributed by atoms with Gasteiger partial charge in [0.25, 0.3) is 0 Å². The maximum Gasteiger partial charge on any atom is 0.407 e. The highest BCUT2D eigenvalue weighted by molar-refractivity contribution is 5.85. The van der Waals surface area contributed by atoms with Gasteiger partial charge >= 0.3 is 12.1 Å². The van der Waals surface area contributed by atoms with Gasteiger partial charge in [-0.2, -0.15) is 0 Å². The van der Waals surface area contributed by atoms with Crippen molar-refractivity contribution in [2.75, 3.05) is 26.2 Å². The number of ether oxygens (including phenoxy) is 1. The molecule has 9 unspecified atom stereocenters. The molecule has 0 spiro atoms. The number of benzene rings is 2. The number of rotatable bonds is 50. The van der Waals surface area contributed by atoms with Crippen LogP contribution in [0.5, 0.6) is 0 Å². The van der Waals surface area contributed by atoms with E-state index >= 15 is 0 Å². The monoisotopic (exact) mass is 1390 g/mol. The van der Waals surface area contributed by atoms with Gasteiger partial charge in [-0.3, -0.25) is 43.2 Å². The Morgan fingerprint density at radius 1 is 0.364 bits per heavy atom. The first-order valence-electron chi connectivity index (χ1n) is 36.7. The quantitative estimate of drug-likeness (QED) is 0.0280. The predicted octanol–water partition coefficient (Wildman–Crippen LogP) is 7.86. The van der Waals surface area contributed by atoms with Crippen LogP contribution in [-0.2, 0) is 47.9 Å². The van der Waals surface area contributed by atoms with Gasteiger partial charge in [-0.25, -0.2) is 4.79 Å². The summed E-state index contributed by atoms with van der Waals surface area (Å²) in [5.41, 5.74) is 21.9. The Kier molecular flexibility index (Phi) is 40.2. The van der Waals surface area contributed by atoms with E-state index in [1.807, 2.05) is 119 Å². The zero-order valence-corrected chi connectivity index (χ0v) is 61.7. The third kappa shape index (κ3) is 35.1. The molecule has 24 heteroatoms. The molecule has 99 heavy (non-hydrogen) atoms. The number of fused-ring (bicyclic) bond motifs is 3. The molecule has 2 aromatic rings. The standard InChI is InChI=1S/C75H126N12O12/c1-46(2)33-55(39-69(91)86-64(50(9)10)43-72(94)80-54(25-19-22-32-78)38-68(90)84-57(35-48(5)6)41-74(96)97)82-66(88)36-52(23-17-20-30-76)79-71(93)42-63(49(7)8)85-70(92)40-56(34-47(3)4)83-67(89)37-53(24-18-21-31-77)81-73(95)44-65(51(11)12)87-75(98)99-45-62-60-28-15-13-26-58(60)59-27-14-16-29-61(59)62/h13-16,26-29,46-57,62-65H,17-25,30-45,76-78H2,1-12H3,(H,79,93)(H,80,94)(H,81,95)(H,82,88)(H,83,89)(H,84,90)(H,85,92)(H,86,91)(H,87,98)(H,96,97). The van der Waals surface area contributed by atoms with Crippen LogP contribution < -0.4 is 65.1 Å². The van der Waals surface area contributed by atoms with E-state index in [1.54, 1.807) is 0 Å². The number of aliphatic carboxylic acids is 1. The summed E-state index contributed by atoms with van der Waals surface area (Å²) in [4.78, 5) is 135. The predicted molar refractivity (Wildman–Crippen MR) is 388 cm³/mol. The van der Waals surface area contributed by atoms with Gasteiger partial charge in [-0.05, 0) is 135 Å². The van der Waals surface area contributed by atoms with Crippen LogP contribution in [0, 0.1) is 35.5 Å². The van der Waals surface area contributed by atoms with E-state index in [0.29, 0.717) is 96.7 Å². The normalized spacial score (nSPS) is 14.8. The number of carboxylic acids is 1. The average Bonchev–Trinajstić information content (AvgIpc) is 1.62. The van der Waals surface area contributed by atoms with Crippen molar-refractivity contribution in [2.45, 2.75) is 278 Å². The summed E-state index contributed by atoms with van der Waals surface area (Å²) in [6.07, 6.45) is 5.35. The number of nitrogens with one attached hydrogen (secondary N) is 9. The SMILES string of the molecule is CC(C)CC(CC(=O)O)NC(=O)CC(CCCCN)NC(=O)CC(NC(=O)CC(CC(C)C)NC(=O)CC(CCCCN)NC(=O)CC(NC(=O)CC(CC(C)C)NC(=O)CC(CCCCN)NC(=O)CC(NC(=O)OCC1c2ccccc2-c2ccccc21)C(C)C)C(C)C)C(C)C. The number of alkyl carbamates (subject to hydrolysis) is 1. The Morgan fingerprint density at radius 2 is 0.636 bits per heavy atom. The van der Waals surface area contributed by atoms with Crippen LogP contribution in [-0.4, -0.2) is 145 Å². The lowest BCUT2D eigenvalue weighted by molar-refractivity contribution is -0.138. The Bertz CT molecular complexity index is 2790. The second-order valence-electron chi connectivity index (χ2n) is 29.7. The zero-order valence-electron chi connectivity index (χ0n) is 61.7. The molecule has 558 valence electrons. The molecule has 0 radical (unpaired) electrons. The van der Waals surface area contributed by atoms with Gasteiger partial charge in [0.1, 0.15) is 6.61 Å². The molecule has 1 aliphatic rings. The molecular weight excluding hydrogens is 1260 g/mol. The van der Waals surface area contributed by atoms with Crippen molar-refractivity contribution in [1.29, 1.82) is 0 Å². The number of hydrogen-bond donors (Lipinski definition) is 13. The Hall–Kier alpha value is -7.18. The minimum atomic E-state index is -1.02. The maximum atomic E-state index is 14.0. The van der Waals surface area contributed by atoms with Crippen LogP contribution in [0.15, 0.2) is 48.5 Å². The highest BCUT2D eigenvalue weighted by atomic mass is 16.5. The molecule has 0 heterocycles. The summed E-state index contributed by atoms with van der Waals surface area (Å²) in [5.74, 6) is -4.20. The second-order valence-corrected chi connectivity index (χ2v) is 29.7. The largest absolute Gasteiger partial charge is 0.481 e. The molecule has 0 aromatic heterocycles. The van der Waals surface area contributed by atoms with Gasteiger partial charge in [0, 0.05) is 112 Å². The van der Waals surface area contributed by atoms with Crippen LogP contribution in [0.1, 0.15) is 235 Å². The van der Waals surface area contributed by atoms with E-state index in [4.69, 9.17) is 21.9 Å². The molecule has 0 saturated carbocycles. The minimum Gasteiger partial charge on any atom is -0.481 e. The summed E-state index contributed by atoms with van der Waals surface area (Å²) in [5, 5.41) is 36.4. The number of carbonyl (C=O) groups excluding carboxylic acids is 9. The lowest BCUT2D eigenvalue weighted by Crippen LogP contribution is -2.49. The maximum absolute atomic E-state index is 14.0. The van der Waals surface area contributed by atoms with Crippen molar-refractivity contribution < 1.29 is 57.8 Å². The van der Waals surface area contributed by atoms with Gasteiger partial charge in [-0.15, -0.1) is 0 Å². The van der Waals surface area contributed by atoms with Gasteiger partial charge in [-0.1, -0.05) is 151 Å². The third-order valence-corrected chi connectivity index (χ3v) is 18.0. The first-order chi connectivity index (χ1) is 46.9. The fraction of sp³-hybridized carbons (Fsp3) is 0.707. The lowest BCUT2D eigenvalue weighted by Gasteiger charge is -2.27. The first-order valence-corrected chi connectivity index (χ1v) is 36.7. The Morgan fingerprint density at radius 3 is 0.939 bits per heavy atom. The van der Waals surface area contributed by atoms with E-state index in [2.05, 4.69) is 60.0 Å². The third-order valence-electron chi connectivity index (χ3n) is 18.0. The van der Waals surface area contributed by atoms with E-state index in [0.717, 1.165) is 22.3 Å². The van der Waals surface area contributed by atoms with Gasteiger partial charge in [0.15, 0.2) is 0 Å². The van der Waals surface area contributed by atoms with E-state index in [1.165, 1.54) is 0 Å². The summed E-state index contributed by atoms with van der Waals surface area (Å²) < 4.78 is 5.82. The molecular formula is C75H126N12O12. The molecule has 1 aliphatic carbocycles. The highest BCUT2D eigenvalue weighted by Gasteiger charge is 2.33. The highest BCUT2D eigenvalue weighted by Crippen LogP contribution is 2.44. The van der Waals surface area contributed by atoms with Crippen molar-refractivity contribution in [3.8, 4) is 11.1 Å². The summed E-state index contributed by atoms with van der Waals surface area (Å²) in [7, 11) is 0. The minimum absolute atomic E-state index is 0.0493. The Labute approximate surface area is 590 Å². The average molecular weight is 1390 g/mol. The summed E-state index contributed by atoms with van der Waals surface area (Å²) >= 11 is 0. The molecule has 3 rings (SSSR count). The molecule has 0 aliphatic heterocycles. The molecule has 0 saturated heterocycles. The van der Waals surface area contributed by atoms with Crippen LogP contribution in [0.2, 0.25) is 0 Å². The summed E-state index contributed by atoms with van der Waals surface area (Å²) in [6, 6.07) is 11.0. The van der Waals surface area contributed by atoms with Gasteiger partial charge < -0.3 is 74.9 Å². The topological polar surface area (TPSA) is 386 Å². The van der Waals surface area contributed by atoms with Crippen molar-refractivity contribution in [1.82, 2.24) is 47.9 Å². The van der Waals surface area contributed by atoms with Crippen molar-refractivity contribution in [3.63, 3.8) is 0 Å². The molecule has 9 amide bonds. The molecule has 0 bridgehead atoms. The lowest BCUT2D eigenvalue weighted by atomic mass is 9.96. The molecule has 9 atom stereocenters. The molecule has 2 aromatic carbocycles. The fourth-order valence-electron chi connectivity index (χ4n) is 12.9. The van der Waals surface area contributed by atoms with E-state index in [9.17, 15) is 53.1 Å². The zero-order chi connectivity index (χ0) is 73.7. The van der Waals surface area contributed by atoms with Crippen LogP contribution in [0.25, 0.3) is 11.1 Å². The molecule has 24 nitrogen and oxygen atoms in total. The van der Waals surface area contributed by atoms with Gasteiger partial charge in [0.2, 0.25) is 47.3 Å². The number of carboxylic acid groups (broad SMARTS) is 1. The number of nitrogens with two attached hydrogens (primary N) is 3. The number of unbranched alkanes of at least 4 members (excludes halogenated alkanes) is 3. The van der Waals surface area contributed by atoms with Crippen molar-refractivity contribution in [2.24, 2.45) is 52.7 Å². The number of amides is 9. The van der Waals surface area contributed by atoms with Crippen molar-refractivity contribution in [3.05, 3.63) is 59.7 Å². The van der Waals surface area contributed by atoms with Crippen molar-refractivity contribution >= 4 is 59.3 Å². The molecule has 0 fully saturated rings. The summed E-state index contributed by atoms with van der Waals surface area (Å²) in [6.45, 7) is 24.6. The van der Waals surface area contributed by atoms with Crippen LogP contribution in [0.4, 0.5) is 4.79 Å². The smallest absolute Gasteiger partial charge is 0.407 e.